The molecule has 4 rings (SSSR count). The zero-order valence-electron chi connectivity index (χ0n) is 17.8. The fourth-order valence-corrected chi connectivity index (χ4v) is 3.94. The highest BCUT2D eigenvalue weighted by Gasteiger charge is 2.28. The second-order valence-corrected chi connectivity index (χ2v) is 8.86. The Morgan fingerprint density at radius 1 is 1.17 bits per heavy atom. The van der Waals surface area contributed by atoms with Crippen LogP contribution in [-0.2, 0) is 11.8 Å². The minimum absolute atomic E-state index is 0.224. The van der Waals surface area contributed by atoms with E-state index >= 15 is 0 Å². The third-order valence-corrected chi connectivity index (χ3v) is 5.43. The van der Waals surface area contributed by atoms with Gasteiger partial charge in [0.25, 0.3) is 0 Å². The summed E-state index contributed by atoms with van der Waals surface area (Å²) in [6.45, 7) is 9.17. The van der Waals surface area contributed by atoms with Crippen LogP contribution in [0.3, 0.4) is 0 Å². The Hall–Kier alpha value is -2.83. The van der Waals surface area contributed by atoms with Crippen LogP contribution < -0.4 is 0 Å². The molecule has 0 spiro atoms. The number of nitrogens with zero attached hydrogens (tertiary/aromatic N) is 5. The van der Waals surface area contributed by atoms with Gasteiger partial charge in [-0.3, -0.25) is 9.36 Å². The molecule has 1 saturated heterocycles. The topological polar surface area (TPSA) is 65.2 Å². The van der Waals surface area contributed by atoms with E-state index in [-0.39, 0.29) is 6.09 Å². The van der Waals surface area contributed by atoms with Crippen LogP contribution in [0.25, 0.3) is 22.2 Å². The molecule has 1 fully saturated rings. The molecule has 0 radical (unpaired) electrons. The SMILES string of the molecule is Cc1cc(-c2ccc3c(cnn3C)c2)nn1C1CCN(C(=O)OC(C)(C)C)CC1. The van der Waals surface area contributed by atoms with Crippen molar-refractivity contribution in [2.75, 3.05) is 13.1 Å². The predicted octanol–water partition coefficient (Wildman–Crippen LogP) is 4.32. The molecule has 0 unspecified atom stereocenters. The van der Waals surface area contributed by atoms with Crippen LogP contribution >= 0.6 is 0 Å². The summed E-state index contributed by atoms with van der Waals surface area (Å²) in [6, 6.07) is 8.76. The summed E-state index contributed by atoms with van der Waals surface area (Å²) < 4.78 is 9.50. The zero-order valence-corrected chi connectivity index (χ0v) is 17.8. The molecule has 154 valence electrons. The van der Waals surface area contributed by atoms with Crippen LogP contribution in [0.2, 0.25) is 0 Å². The van der Waals surface area contributed by atoms with Gasteiger partial charge < -0.3 is 9.64 Å². The highest BCUT2D eigenvalue weighted by atomic mass is 16.6. The summed E-state index contributed by atoms with van der Waals surface area (Å²) in [7, 11) is 1.95. The van der Waals surface area contributed by atoms with E-state index in [9.17, 15) is 4.79 Å². The molecule has 3 heterocycles. The molecule has 7 nitrogen and oxygen atoms in total. The molecule has 29 heavy (non-hydrogen) atoms. The van der Waals surface area contributed by atoms with Gasteiger partial charge in [-0.15, -0.1) is 0 Å². The second-order valence-electron chi connectivity index (χ2n) is 8.86. The Kier molecular flexibility index (Phi) is 4.84. The van der Waals surface area contributed by atoms with Gasteiger partial charge in [0, 0.05) is 36.8 Å². The third kappa shape index (κ3) is 3.99. The molecule has 3 aromatic rings. The van der Waals surface area contributed by atoms with Crippen LogP contribution in [0.1, 0.15) is 45.3 Å². The first-order valence-electron chi connectivity index (χ1n) is 10.2. The van der Waals surface area contributed by atoms with E-state index < -0.39 is 5.60 Å². The van der Waals surface area contributed by atoms with Crippen LogP contribution in [-0.4, -0.2) is 49.2 Å². The van der Waals surface area contributed by atoms with E-state index in [2.05, 4.69) is 41.0 Å². The summed E-state index contributed by atoms with van der Waals surface area (Å²) >= 11 is 0. The van der Waals surface area contributed by atoms with E-state index in [1.807, 2.05) is 38.7 Å². The molecular formula is C22H29N5O2. The number of likely N-dealkylation sites (tertiary alicyclic amines) is 1. The minimum Gasteiger partial charge on any atom is -0.444 e. The molecule has 0 bridgehead atoms. The molecule has 1 aromatic carbocycles. The van der Waals surface area contributed by atoms with Crippen molar-refractivity contribution in [3.05, 3.63) is 36.2 Å². The lowest BCUT2D eigenvalue weighted by Gasteiger charge is -2.33. The van der Waals surface area contributed by atoms with E-state index in [1.54, 1.807) is 4.90 Å². The molecule has 1 aliphatic heterocycles. The highest BCUT2D eigenvalue weighted by Crippen LogP contribution is 2.29. The molecule has 1 amide bonds. The fraction of sp³-hybridized carbons (Fsp3) is 0.500. The van der Waals surface area contributed by atoms with Crippen molar-refractivity contribution in [1.29, 1.82) is 0 Å². The smallest absolute Gasteiger partial charge is 0.410 e. The van der Waals surface area contributed by atoms with Crippen molar-refractivity contribution in [3.8, 4) is 11.3 Å². The Balaban J connectivity index is 1.48. The zero-order chi connectivity index (χ0) is 20.8. The Morgan fingerprint density at radius 2 is 1.90 bits per heavy atom. The number of fused-ring (bicyclic) bond motifs is 1. The normalized spacial score (nSPS) is 15.8. The van der Waals surface area contributed by atoms with E-state index in [0.717, 1.165) is 40.7 Å². The number of piperidine rings is 1. The van der Waals surface area contributed by atoms with E-state index in [4.69, 9.17) is 9.84 Å². The molecular weight excluding hydrogens is 366 g/mol. The van der Waals surface area contributed by atoms with Crippen LogP contribution in [0, 0.1) is 6.92 Å². The lowest BCUT2D eigenvalue weighted by Crippen LogP contribution is -2.42. The molecule has 0 aliphatic carbocycles. The van der Waals surface area contributed by atoms with Crippen molar-refractivity contribution in [2.45, 2.75) is 52.2 Å². The van der Waals surface area contributed by atoms with Gasteiger partial charge in [0.1, 0.15) is 5.60 Å². The number of carbonyl (C=O) groups is 1. The van der Waals surface area contributed by atoms with Crippen molar-refractivity contribution < 1.29 is 9.53 Å². The van der Waals surface area contributed by atoms with Crippen molar-refractivity contribution in [3.63, 3.8) is 0 Å². The average molecular weight is 396 g/mol. The highest BCUT2D eigenvalue weighted by molar-refractivity contribution is 5.83. The van der Waals surface area contributed by atoms with Gasteiger partial charge in [0.15, 0.2) is 0 Å². The van der Waals surface area contributed by atoms with Crippen molar-refractivity contribution in [1.82, 2.24) is 24.5 Å². The number of aryl methyl sites for hydroxylation is 2. The van der Waals surface area contributed by atoms with Crippen LogP contribution in [0.4, 0.5) is 4.79 Å². The standard InChI is InChI=1S/C22H29N5O2/c1-15-12-19(16-6-7-20-17(13-16)14-23-25(20)5)24-27(15)18-8-10-26(11-9-18)21(28)29-22(2,3)4/h6-7,12-14,18H,8-11H2,1-5H3. The minimum atomic E-state index is -0.462. The molecule has 0 N–H and O–H groups in total. The monoisotopic (exact) mass is 395 g/mol. The van der Waals surface area contributed by atoms with Crippen LogP contribution in [0.5, 0.6) is 0 Å². The quantitative estimate of drug-likeness (QED) is 0.648. The number of hydrogen-bond donors (Lipinski definition) is 0. The largest absolute Gasteiger partial charge is 0.444 e. The fourth-order valence-electron chi connectivity index (χ4n) is 3.94. The average Bonchev–Trinajstić information content (AvgIpc) is 3.23. The van der Waals surface area contributed by atoms with Gasteiger partial charge in [-0.05, 0) is 58.7 Å². The van der Waals surface area contributed by atoms with Crippen molar-refractivity contribution in [2.24, 2.45) is 7.05 Å². The molecule has 0 atom stereocenters. The first-order valence-corrected chi connectivity index (χ1v) is 10.2. The van der Waals surface area contributed by atoms with E-state index in [0.29, 0.717) is 19.1 Å². The van der Waals surface area contributed by atoms with Gasteiger partial charge in [-0.1, -0.05) is 6.07 Å². The number of carbonyl (C=O) groups excluding carboxylic acids is 1. The number of aromatic nitrogens is 4. The van der Waals surface area contributed by atoms with Crippen LogP contribution in [0.15, 0.2) is 30.5 Å². The maximum atomic E-state index is 12.3. The first-order chi connectivity index (χ1) is 13.7. The lowest BCUT2D eigenvalue weighted by molar-refractivity contribution is 0.0184. The summed E-state index contributed by atoms with van der Waals surface area (Å²) in [5.41, 5.74) is 3.86. The molecule has 2 aromatic heterocycles. The van der Waals surface area contributed by atoms with Gasteiger partial charge in [-0.25, -0.2) is 4.79 Å². The van der Waals surface area contributed by atoms with Gasteiger partial charge in [-0.2, -0.15) is 10.2 Å². The maximum Gasteiger partial charge on any atom is 0.410 e. The maximum absolute atomic E-state index is 12.3. The number of amides is 1. The summed E-state index contributed by atoms with van der Waals surface area (Å²) in [5, 5.41) is 10.3. The number of hydrogen-bond acceptors (Lipinski definition) is 4. The molecule has 7 heteroatoms. The van der Waals surface area contributed by atoms with E-state index in [1.165, 1.54) is 0 Å². The summed E-state index contributed by atoms with van der Waals surface area (Å²) in [6.07, 6.45) is 3.42. The number of benzene rings is 1. The Labute approximate surface area is 171 Å². The number of rotatable bonds is 2. The lowest BCUT2D eigenvalue weighted by atomic mass is 10.1. The third-order valence-electron chi connectivity index (χ3n) is 5.43. The Morgan fingerprint density at radius 3 is 2.59 bits per heavy atom. The molecule has 0 saturated carbocycles. The summed E-state index contributed by atoms with van der Waals surface area (Å²) in [5.74, 6) is 0. The van der Waals surface area contributed by atoms with Gasteiger partial charge >= 0.3 is 6.09 Å². The number of ether oxygens (including phenoxy) is 1. The Bertz CT molecular complexity index is 1040. The molecule has 1 aliphatic rings. The van der Waals surface area contributed by atoms with Crippen molar-refractivity contribution >= 4 is 17.0 Å². The van der Waals surface area contributed by atoms with Gasteiger partial charge in [0.2, 0.25) is 0 Å². The second kappa shape index (κ2) is 7.21. The van der Waals surface area contributed by atoms with Gasteiger partial charge in [0.05, 0.1) is 23.4 Å². The predicted molar refractivity (Wildman–Crippen MR) is 113 cm³/mol. The first kappa shape index (κ1) is 19.5. The summed E-state index contributed by atoms with van der Waals surface area (Å²) in [4.78, 5) is 14.1.